The SMILES string of the molecule is C=C/C(=N/C)N(C=C)CC. The highest BCUT2D eigenvalue weighted by Crippen LogP contribution is 1.91. The summed E-state index contributed by atoms with van der Waals surface area (Å²) >= 11 is 0. The molecule has 0 rings (SSSR count). The average Bonchev–Trinajstić information content (AvgIpc) is 2.00. The quantitative estimate of drug-likeness (QED) is 0.428. The number of amidine groups is 1. The van der Waals surface area contributed by atoms with Crippen LogP contribution in [0.2, 0.25) is 0 Å². The number of nitrogens with zero attached hydrogens (tertiary/aromatic N) is 2. The molecule has 0 radical (unpaired) electrons. The molecule has 0 amide bonds. The smallest absolute Gasteiger partial charge is 0.126 e. The third-order valence-corrected chi connectivity index (χ3v) is 1.27. The van der Waals surface area contributed by atoms with E-state index in [4.69, 9.17) is 0 Å². The molecule has 10 heavy (non-hydrogen) atoms. The Labute approximate surface area is 62.6 Å². The topological polar surface area (TPSA) is 15.6 Å². The van der Waals surface area contributed by atoms with Gasteiger partial charge in [-0.1, -0.05) is 13.2 Å². The predicted octanol–water partition coefficient (Wildman–Crippen LogP) is 1.67. The van der Waals surface area contributed by atoms with Crippen LogP contribution in [0, 0.1) is 0 Å². The number of aliphatic imine (C=N–C) groups is 1. The van der Waals surface area contributed by atoms with Gasteiger partial charge in [-0.2, -0.15) is 0 Å². The van der Waals surface area contributed by atoms with Gasteiger partial charge < -0.3 is 4.90 Å². The lowest BCUT2D eigenvalue weighted by molar-refractivity contribution is 0.594. The zero-order valence-electron chi connectivity index (χ0n) is 6.67. The fraction of sp³-hybridized carbons (Fsp3) is 0.375. The van der Waals surface area contributed by atoms with Gasteiger partial charge in [0.2, 0.25) is 0 Å². The molecule has 0 fully saturated rings. The van der Waals surface area contributed by atoms with E-state index in [1.54, 1.807) is 19.3 Å². The second-order valence-corrected chi connectivity index (χ2v) is 1.75. The molecule has 0 aliphatic rings. The summed E-state index contributed by atoms with van der Waals surface area (Å²) in [6, 6.07) is 0. The number of hydrogen-bond acceptors (Lipinski definition) is 1. The zero-order valence-corrected chi connectivity index (χ0v) is 6.67. The standard InChI is InChI=1S/C8H14N2/c1-5-8(9-4)10(6-2)7-3/h5-6H,1-2,7H2,3-4H3/b9-8-. The summed E-state index contributed by atoms with van der Waals surface area (Å²) in [6.45, 7) is 10.2. The highest BCUT2D eigenvalue weighted by Gasteiger charge is 1.97. The van der Waals surface area contributed by atoms with Crippen LogP contribution in [0.1, 0.15) is 6.92 Å². The van der Waals surface area contributed by atoms with E-state index in [1.807, 2.05) is 11.8 Å². The van der Waals surface area contributed by atoms with Crippen LogP contribution in [0.25, 0.3) is 0 Å². The Balaban J connectivity index is 4.24. The van der Waals surface area contributed by atoms with Crippen LogP contribution in [-0.4, -0.2) is 24.3 Å². The van der Waals surface area contributed by atoms with Crippen LogP contribution in [0.5, 0.6) is 0 Å². The van der Waals surface area contributed by atoms with E-state index in [-0.39, 0.29) is 0 Å². The lowest BCUT2D eigenvalue weighted by Crippen LogP contribution is -2.22. The molecule has 0 aromatic heterocycles. The molecular weight excluding hydrogens is 124 g/mol. The molecule has 0 unspecified atom stereocenters. The molecule has 0 saturated heterocycles. The molecule has 0 spiro atoms. The first-order valence-electron chi connectivity index (χ1n) is 3.28. The van der Waals surface area contributed by atoms with Crippen molar-refractivity contribution in [2.24, 2.45) is 4.99 Å². The first kappa shape index (κ1) is 8.95. The Kier molecular flexibility index (Phi) is 4.29. The summed E-state index contributed by atoms with van der Waals surface area (Å²) in [6.07, 6.45) is 3.45. The largest absolute Gasteiger partial charge is 0.334 e. The summed E-state index contributed by atoms with van der Waals surface area (Å²) in [4.78, 5) is 5.93. The van der Waals surface area contributed by atoms with Crippen molar-refractivity contribution in [1.29, 1.82) is 0 Å². The van der Waals surface area contributed by atoms with Gasteiger partial charge in [-0.3, -0.25) is 4.99 Å². The van der Waals surface area contributed by atoms with Gasteiger partial charge in [-0.05, 0) is 19.2 Å². The lowest BCUT2D eigenvalue weighted by Gasteiger charge is -2.16. The Bertz CT molecular complexity index is 147. The van der Waals surface area contributed by atoms with Crippen LogP contribution in [-0.2, 0) is 0 Å². The van der Waals surface area contributed by atoms with E-state index < -0.39 is 0 Å². The first-order chi connectivity index (χ1) is 4.79. The molecule has 0 saturated carbocycles. The third-order valence-electron chi connectivity index (χ3n) is 1.27. The van der Waals surface area contributed by atoms with Crippen LogP contribution < -0.4 is 0 Å². The molecule has 0 atom stereocenters. The van der Waals surface area contributed by atoms with Crippen molar-refractivity contribution in [3.8, 4) is 0 Å². The maximum atomic E-state index is 4.00. The predicted molar refractivity (Wildman–Crippen MR) is 46.1 cm³/mol. The highest BCUT2D eigenvalue weighted by atomic mass is 15.2. The van der Waals surface area contributed by atoms with E-state index in [1.165, 1.54) is 0 Å². The fourth-order valence-electron chi connectivity index (χ4n) is 0.722. The van der Waals surface area contributed by atoms with Crippen molar-refractivity contribution in [3.63, 3.8) is 0 Å². The van der Waals surface area contributed by atoms with Crippen LogP contribution in [0.3, 0.4) is 0 Å². The van der Waals surface area contributed by atoms with E-state index >= 15 is 0 Å². The molecule has 0 aromatic carbocycles. The van der Waals surface area contributed by atoms with Gasteiger partial charge in [0.15, 0.2) is 0 Å². The maximum absolute atomic E-state index is 4.00. The van der Waals surface area contributed by atoms with Gasteiger partial charge in [0.1, 0.15) is 5.84 Å². The monoisotopic (exact) mass is 138 g/mol. The number of hydrogen-bond donors (Lipinski definition) is 0. The van der Waals surface area contributed by atoms with Gasteiger partial charge >= 0.3 is 0 Å². The Morgan fingerprint density at radius 2 is 2.20 bits per heavy atom. The van der Waals surface area contributed by atoms with Crippen molar-refractivity contribution >= 4 is 5.84 Å². The third kappa shape index (κ3) is 2.05. The van der Waals surface area contributed by atoms with E-state index in [0.717, 1.165) is 12.4 Å². The molecule has 0 bridgehead atoms. The number of rotatable bonds is 3. The highest BCUT2D eigenvalue weighted by molar-refractivity contribution is 5.92. The van der Waals surface area contributed by atoms with Crippen molar-refractivity contribution in [3.05, 3.63) is 25.4 Å². The van der Waals surface area contributed by atoms with Crippen molar-refractivity contribution < 1.29 is 0 Å². The van der Waals surface area contributed by atoms with Crippen molar-refractivity contribution in [1.82, 2.24) is 4.90 Å². The van der Waals surface area contributed by atoms with Gasteiger partial charge in [-0.15, -0.1) is 0 Å². The summed E-state index contributed by atoms with van der Waals surface area (Å²) in [5, 5.41) is 0. The zero-order chi connectivity index (χ0) is 7.98. The first-order valence-corrected chi connectivity index (χ1v) is 3.28. The average molecular weight is 138 g/mol. The van der Waals surface area contributed by atoms with E-state index in [9.17, 15) is 0 Å². The van der Waals surface area contributed by atoms with E-state index in [0.29, 0.717) is 0 Å². The van der Waals surface area contributed by atoms with Gasteiger partial charge in [-0.25, -0.2) is 0 Å². The minimum Gasteiger partial charge on any atom is -0.334 e. The number of likely N-dealkylation sites (N-methyl/N-ethyl adjacent to an activating group) is 1. The normalized spacial score (nSPS) is 10.8. The molecule has 0 aliphatic carbocycles. The van der Waals surface area contributed by atoms with Crippen LogP contribution in [0.4, 0.5) is 0 Å². The molecule has 2 nitrogen and oxygen atoms in total. The summed E-state index contributed by atoms with van der Waals surface area (Å²) in [7, 11) is 1.74. The van der Waals surface area contributed by atoms with Crippen molar-refractivity contribution in [2.75, 3.05) is 13.6 Å². The maximum Gasteiger partial charge on any atom is 0.126 e. The van der Waals surface area contributed by atoms with Gasteiger partial charge in [0.25, 0.3) is 0 Å². The fourth-order valence-corrected chi connectivity index (χ4v) is 0.722. The summed E-state index contributed by atoms with van der Waals surface area (Å²) < 4.78 is 0. The molecule has 2 heteroatoms. The van der Waals surface area contributed by atoms with Gasteiger partial charge in [0, 0.05) is 13.6 Å². The molecule has 0 N–H and O–H groups in total. The second-order valence-electron chi connectivity index (χ2n) is 1.75. The summed E-state index contributed by atoms with van der Waals surface area (Å²) in [5.41, 5.74) is 0. The Morgan fingerprint density at radius 1 is 1.60 bits per heavy atom. The summed E-state index contributed by atoms with van der Waals surface area (Å²) in [5.74, 6) is 0.859. The minimum absolute atomic E-state index is 0.859. The van der Waals surface area contributed by atoms with Crippen LogP contribution in [0.15, 0.2) is 30.4 Å². The minimum atomic E-state index is 0.859. The van der Waals surface area contributed by atoms with Crippen LogP contribution >= 0.6 is 0 Å². The molecule has 0 aliphatic heterocycles. The second kappa shape index (κ2) is 4.79. The van der Waals surface area contributed by atoms with Crippen molar-refractivity contribution in [2.45, 2.75) is 6.92 Å². The van der Waals surface area contributed by atoms with Gasteiger partial charge in [0.05, 0.1) is 0 Å². The molecule has 0 heterocycles. The van der Waals surface area contributed by atoms with E-state index in [2.05, 4.69) is 18.2 Å². The Morgan fingerprint density at radius 3 is 2.30 bits per heavy atom. The Hall–Kier alpha value is -1.05. The lowest BCUT2D eigenvalue weighted by atomic mass is 10.4. The molecule has 0 aromatic rings. The molecule has 56 valence electrons. The molecular formula is C8H14N2.